The van der Waals surface area contributed by atoms with Crippen LogP contribution in [0.25, 0.3) is 11.1 Å². The Balaban J connectivity index is 2.72. The van der Waals surface area contributed by atoms with Crippen LogP contribution >= 0.6 is 11.6 Å². The molecule has 2 aromatic carbocycles. The molecule has 1 atom stereocenters. The van der Waals surface area contributed by atoms with Gasteiger partial charge in [-0.1, -0.05) is 17.7 Å². The summed E-state index contributed by atoms with van der Waals surface area (Å²) in [5, 5.41) is 0.345. The average molecular weight is 310 g/mol. The third-order valence-electron chi connectivity index (χ3n) is 3.28. The number of ether oxygens (including phenoxy) is 2. The van der Waals surface area contributed by atoms with Crippen LogP contribution in [0.15, 0.2) is 30.3 Å². The van der Waals surface area contributed by atoms with Gasteiger partial charge in [0.25, 0.3) is 0 Å². The molecule has 0 saturated carbocycles. The molecule has 0 aliphatic heterocycles. The van der Waals surface area contributed by atoms with Gasteiger partial charge in [0, 0.05) is 11.6 Å². The van der Waals surface area contributed by atoms with Crippen LogP contribution in [0.2, 0.25) is 5.02 Å². The van der Waals surface area contributed by atoms with E-state index in [0.717, 1.165) is 5.56 Å². The van der Waals surface area contributed by atoms with E-state index in [1.165, 1.54) is 26.4 Å². The number of benzene rings is 2. The van der Waals surface area contributed by atoms with E-state index in [2.05, 4.69) is 0 Å². The molecule has 0 fully saturated rings. The second-order valence-electron chi connectivity index (χ2n) is 4.68. The molecule has 0 aliphatic carbocycles. The highest BCUT2D eigenvalue weighted by Gasteiger charge is 2.18. The van der Waals surface area contributed by atoms with E-state index in [-0.39, 0.29) is 11.9 Å². The predicted octanol–water partition coefficient (Wildman–Crippen LogP) is 4.18. The van der Waals surface area contributed by atoms with Crippen molar-refractivity contribution >= 4 is 11.6 Å². The second kappa shape index (κ2) is 6.33. The van der Waals surface area contributed by atoms with Gasteiger partial charge in [-0.3, -0.25) is 0 Å². The summed E-state index contributed by atoms with van der Waals surface area (Å²) in [6.07, 6.45) is 0. The molecule has 5 heteroatoms. The normalized spacial score (nSPS) is 12.1. The molecule has 0 heterocycles. The first-order chi connectivity index (χ1) is 9.99. The third kappa shape index (κ3) is 2.96. The second-order valence-corrected chi connectivity index (χ2v) is 5.06. The molecule has 21 heavy (non-hydrogen) atoms. The maximum atomic E-state index is 13.6. The van der Waals surface area contributed by atoms with E-state index in [1.807, 2.05) is 6.92 Å². The zero-order valence-corrected chi connectivity index (χ0v) is 12.9. The molecule has 3 nitrogen and oxygen atoms in total. The predicted molar refractivity (Wildman–Crippen MR) is 82.6 cm³/mol. The van der Waals surface area contributed by atoms with Gasteiger partial charge in [0.05, 0.1) is 14.2 Å². The molecule has 0 aliphatic rings. The van der Waals surface area contributed by atoms with Gasteiger partial charge in [0.2, 0.25) is 0 Å². The van der Waals surface area contributed by atoms with Gasteiger partial charge in [-0.15, -0.1) is 0 Å². The lowest BCUT2D eigenvalue weighted by atomic mass is 9.95. The molecule has 0 amide bonds. The minimum Gasteiger partial charge on any atom is -0.495 e. The summed E-state index contributed by atoms with van der Waals surface area (Å²) in [5.74, 6) is 0.586. The molecule has 2 rings (SSSR count). The molecule has 0 spiro atoms. The van der Waals surface area contributed by atoms with Gasteiger partial charge in [0.1, 0.15) is 22.3 Å². The molecule has 0 radical (unpaired) electrons. The van der Waals surface area contributed by atoms with Crippen molar-refractivity contribution in [3.8, 4) is 22.6 Å². The van der Waals surface area contributed by atoms with Gasteiger partial charge >= 0.3 is 0 Å². The van der Waals surface area contributed by atoms with Crippen LogP contribution < -0.4 is 15.2 Å². The van der Waals surface area contributed by atoms with Gasteiger partial charge in [-0.25, -0.2) is 4.39 Å². The lowest BCUT2D eigenvalue weighted by molar-refractivity contribution is 0.396. The Morgan fingerprint density at radius 3 is 2.38 bits per heavy atom. The summed E-state index contributed by atoms with van der Waals surface area (Å²) in [6.45, 7) is 1.84. The number of halogens is 2. The Kier molecular flexibility index (Phi) is 4.70. The maximum absolute atomic E-state index is 13.6. The average Bonchev–Trinajstić information content (AvgIpc) is 2.46. The van der Waals surface area contributed by atoms with Gasteiger partial charge < -0.3 is 15.2 Å². The van der Waals surface area contributed by atoms with Crippen LogP contribution in [0.5, 0.6) is 11.5 Å². The fourth-order valence-corrected chi connectivity index (χ4v) is 2.59. The minimum atomic E-state index is -0.344. The van der Waals surface area contributed by atoms with Crippen molar-refractivity contribution < 1.29 is 13.9 Å². The van der Waals surface area contributed by atoms with Crippen molar-refractivity contribution in [2.24, 2.45) is 5.73 Å². The summed E-state index contributed by atoms with van der Waals surface area (Å²) in [7, 11) is 3.03. The van der Waals surface area contributed by atoms with Gasteiger partial charge in [0.15, 0.2) is 0 Å². The lowest BCUT2D eigenvalue weighted by Crippen LogP contribution is -2.07. The first-order valence-corrected chi connectivity index (χ1v) is 6.83. The maximum Gasteiger partial charge on any atom is 0.149 e. The summed E-state index contributed by atoms with van der Waals surface area (Å²) < 4.78 is 24.2. The van der Waals surface area contributed by atoms with E-state index in [9.17, 15) is 4.39 Å². The molecule has 0 bridgehead atoms. The van der Waals surface area contributed by atoms with E-state index < -0.39 is 0 Å². The van der Waals surface area contributed by atoms with Crippen molar-refractivity contribution in [3.05, 3.63) is 46.7 Å². The number of rotatable bonds is 4. The van der Waals surface area contributed by atoms with Crippen LogP contribution in [-0.4, -0.2) is 14.2 Å². The Hall–Kier alpha value is -1.78. The largest absolute Gasteiger partial charge is 0.495 e. The Bertz CT molecular complexity index is 659. The number of methoxy groups -OCH3 is 2. The molecule has 2 N–H and O–H groups in total. The van der Waals surface area contributed by atoms with Crippen LogP contribution in [0, 0.1) is 5.82 Å². The van der Waals surface area contributed by atoms with Crippen LogP contribution in [0.1, 0.15) is 18.5 Å². The van der Waals surface area contributed by atoms with Crippen molar-refractivity contribution in [1.29, 1.82) is 0 Å². The number of nitrogens with two attached hydrogens (primary N) is 1. The van der Waals surface area contributed by atoms with Crippen LogP contribution in [0.4, 0.5) is 4.39 Å². The molecular formula is C16H17ClFNO2. The molecule has 0 saturated heterocycles. The standard InChI is InChI=1S/C16H17ClFNO2/c1-9(19)11-5-4-10(18)8-13(11)12-6-7-14(20-2)15(17)16(12)21-3/h4-9H,19H2,1-3H3. The van der Waals surface area contributed by atoms with E-state index >= 15 is 0 Å². The first kappa shape index (κ1) is 15.6. The minimum absolute atomic E-state index is 0.244. The Morgan fingerprint density at radius 2 is 1.81 bits per heavy atom. The number of hydrogen-bond acceptors (Lipinski definition) is 3. The SMILES string of the molecule is COc1ccc(-c2cc(F)ccc2C(C)N)c(OC)c1Cl. The highest BCUT2D eigenvalue weighted by atomic mass is 35.5. The summed E-state index contributed by atoms with van der Waals surface area (Å²) in [5.41, 5.74) is 8.12. The van der Waals surface area contributed by atoms with Gasteiger partial charge in [-0.05, 0) is 42.3 Å². The van der Waals surface area contributed by atoms with Crippen LogP contribution in [0.3, 0.4) is 0 Å². The van der Waals surface area contributed by atoms with Crippen molar-refractivity contribution in [2.45, 2.75) is 13.0 Å². The molecule has 2 aromatic rings. The fourth-order valence-electron chi connectivity index (χ4n) is 2.27. The highest BCUT2D eigenvalue weighted by Crippen LogP contribution is 2.43. The Labute approximate surface area is 128 Å². The molecular weight excluding hydrogens is 293 g/mol. The monoisotopic (exact) mass is 309 g/mol. The highest BCUT2D eigenvalue weighted by molar-refractivity contribution is 6.34. The molecule has 112 valence electrons. The van der Waals surface area contributed by atoms with E-state index in [4.69, 9.17) is 26.8 Å². The molecule has 1 unspecified atom stereocenters. The summed E-state index contributed by atoms with van der Waals surface area (Å²) in [4.78, 5) is 0. The van der Waals surface area contributed by atoms with E-state index in [0.29, 0.717) is 27.6 Å². The fraction of sp³-hybridized carbons (Fsp3) is 0.250. The van der Waals surface area contributed by atoms with E-state index in [1.54, 1.807) is 18.2 Å². The smallest absolute Gasteiger partial charge is 0.149 e. The number of hydrogen-bond donors (Lipinski definition) is 1. The van der Waals surface area contributed by atoms with Crippen LogP contribution in [-0.2, 0) is 0 Å². The summed E-state index contributed by atoms with van der Waals surface area (Å²) >= 11 is 6.26. The Morgan fingerprint density at radius 1 is 1.10 bits per heavy atom. The first-order valence-electron chi connectivity index (χ1n) is 6.45. The van der Waals surface area contributed by atoms with Crippen molar-refractivity contribution in [3.63, 3.8) is 0 Å². The zero-order chi connectivity index (χ0) is 15.6. The lowest BCUT2D eigenvalue weighted by Gasteiger charge is -2.17. The quantitative estimate of drug-likeness (QED) is 0.921. The van der Waals surface area contributed by atoms with Crippen molar-refractivity contribution in [1.82, 2.24) is 0 Å². The molecule has 0 aromatic heterocycles. The topological polar surface area (TPSA) is 44.5 Å². The zero-order valence-electron chi connectivity index (χ0n) is 12.1. The van der Waals surface area contributed by atoms with Gasteiger partial charge in [-0.2, -0.15) is 0 Å². The summed E-state index contributed by atoms with van der Waals surface area (Å²) in [6, 6.07) is 7.75. The third-order valence-corrected chi connectivity index (χ3v) is 3.64. The van der Waals surface area contributed by atoms with Crippen molar-refractivity contribution in [2.75, 3.05) is 14.2 Å².